The number of ether oxygens (including phenoxy) is 2. The number of nitrogens with one attached hydrogen (secondary N) is 1. The molecular weight excluding hydrogens is 320 g/mol. The van der Waals surface area contributed by atoms with Gasteiger partial charge in [-0.15, -0.1) is 0 Å². The molecule has 0 spiro atoms. The molecule has 2 aromatic carbocycles. The second-order valence-electron chi connectivity index (χ2n) is 6.19. The molecule has 0 unspecified atom stereocenters. The Morgan fingerprint density at radius 3 is 2.44 bits per heavy atom. The van der Waals surface area contributed by atoms with Crippen molar-refractivity contribution in [1.29, 1.82) is 0 Å². The predicted octanol–water partition coefficient (Wildman–Crippen LogP) is 3.18. The maximum absolute atomic E-state index is 12.4. The Kier molecular flexibility index (Phi) is 3.80. The van der Waals surface area contributed by atoms with Gasteiger partial charge in [-0.3, -0.25) is 9.59 Å². The Labute approximate surface area is 145 Å². The zero-order valence-electron chi connectivity index (χ0n) is 13.8. The van der Waals surface area contributed by atoms with Gasteiger partial charge in [-0.25, -0.2) is 0 Å². The SMILES string of the molecule is CC(=O)N(c1ccc(NC(=O)c2ccc3c(c2)OCO3)cc1)C1CC1. The standard InChI is InChI=1S/C19H18N2O4/c1-12(22)21(16-7-8-16)15-5-3-14(4-6-15)20-19(23)13-2-9-17-18(10-13)25-11-24-17/h2-6,9-10,16H,7-8,11H2,1H3,(H,20,23). The van der Waals surface area contributed by atoms with Crippen LogP contribution in [0, 0.1) is 0 Å². The highest BCUT2D eigenvalue weighted by atomic mass is 16.7. The molecule has 1 aliphatic carbocycles. The molecule has 25 heavy (non-hydrogen) atoms. The van der Waals surface area contributed by atoms with Gasteiger partial charge in [0.25, 0.3) is 5.91 Å². The minimum absolute atomic E-state index is 0.0413. The van der Waals surface area contributed by atoms with E-state index in [-0.39, 0.29) is 18.6 Å². The van der Waals surface area contributed by atoms with E-state index in [0.717, 1.165) is 18.5 Å². The molecule has 2 amide bonds. The lowest BCUT2D eigenvalue weighted by atomic mass is 10.2. The summed E-state index contributed by atoms with van der Waals surface area (Å²) in [7, 11) is 0. The first-order chi connectivity index (χ1) is 12.1. The fourth-order valence-corrected chi connectivity index (χ4v) is 2.93. The van der Waals surface area contributed by atoms with Crippen LogP contribution in [0.3, 0.4) is 0 Å². The largest absolute Gasteiger partial charge is 0.454 e. The molecule has 0 atom stereocenters. The van der Waals surface area contributed by atoms with Crippen molar-refractivity contribution in [3.63, 3.8) is 0 Å². The summed E-state index contributed by atoms with van der Waals surface area (Å²) in [6.45, 7) is 1.75. The number of benzene rings is 2. The van der Waals surface area contributed by atoms with E-state index in [4.69, 9.17) is 9.47 Å². The molecule has 0 aromatic heterocycles. The van der Waals surface area contributed by atoms with Gasteiger partial charge in [-0.2, -0.15) is 0 Å². The molecule has 1 heterocycles. The zero-order chi connectivity index (χ0) is 17.4. The Morgan fingerprint density at radius 1 is 1.04 bits per heavy atom. The molecule has 1 fully saturated rings. The van der Waals surface area contributed by atoms with Gasteiger partial charge in [0.05, 0.1) is 0 Å². The van der Waals surface area contributed by atoms with Gasteiger partial charge in [-0.05, 0) is 55.3 Å². The van der Waals surface area contributed by atoms with E-state index in [1.54, 1.807) is 37.3 Å². The third kappa shape index (κ3) is 3.15. The van der Waals surface area contributed by atoms with Gasteiger partial charge in [0.1, 0.15) is 0 Å². The smallest absolute Gasteiger partial charge is 0.255 e. The first-order valence-corrected chi connectivity index (χ1v) is 8.23. The van der Waals surface area contributed by atoms with Crippen LogP contribution in [0.15, 0.2) is 42.5 Å². The van der Waals surface area contributed by atoms with E-state index in [1.165, 1.54) is 0 Å². The number of hydrogen-bond acceptors (Lipinski definition) is 4. The lowest BCUT2D eigenvalue weighted by molar-refractivity contribution is -0.116. The summed E-state index contributed by atoms with van der Waals surface area (Å²) >= 11 is 0. The van der Waals surface area contributed by atoms with E-state index < -0.39 is 0 Å². The van der Waals surface area contributed by atoms with Crippen LogP contribution in [0.25, 0.3) is 0 Å². The summed E-state index contributed by atoms with van der Waals surface area (Å²) in [5.41, 5.74) is 2.03. The predicted molar refractivity (Wildman–Crippen MR) is 93.1 cm³/mol. The van der Waals surface area contributed by atoms with Gasteiger partial charge in [-0.1, -0.05) is 0 Å². The summed E-state index contributed by atoms with van der Waals surface area (Å²) in [6.07, 6.45) is 2.09. The molecule has 6 heteroatoms. The average molecular weight is 338 g/mol. The highest BCUT2D eigenvalue weighted by Gasteiger charge is 2.31. The quantitative estimate of drug-likeness (QED) is 0.930. The van der Waals surface area contributed by atoms with E-state index in [2.05, 4.69) is 5.32 Å². The van der Waals surface area contributed by atoms with Crippen LogP contribution in [0.1, 0.15) is 30.1 Å². The van der Waals surface area contributed by atoms with Crippen LogP contribution in [-0.4, -0.2) is 24.6 Å². The second-order valence-corrected chi connectivity index (χ2v) is 6.19. The van der Waals surface area contributed by atoms with Gasteiger partial charge in [0.15, 0.2) is 11.5 Å². The molecular formula is C19H18N2O4. The Bertz CT molecular complexity index is 828. The average Bonchev–Trinajstić information content (AvgIpc) is 3.31. The molecule has 0 bridgehead atoms. The van der Waals surface area contributed by atoms with Crippen molar-refractivity contribution in [3.8, 4) is 11.5 Å². The number of rotatable bonds is 4. The van der Waals surface area contributed by atoms with Crippen molar-refractivity contribution >= 4 is 23.2 Å². The maximum Gasteiger partial charge on any atom is 0.255 e. The van der Waals surface area contributed by atoms with Crippen molar-refractivity contribution in [2.45, 2.75) is 25.8 Å². The van der Waals surface area contributed by atoms with Crippen molar-refractivity contribution in [1.82, 2.24) is 0 Å². The molecule has 6 nitrogen and oxygen atoms in total. The molecule has 4 rings (SSSR count). The normalized spacial score (nSPS) is 14.9. The Morgan fingerprint density at radius 2 is 1.76 bits per heavy atom. The van der Waals surface area contributed by atoms with Crippen LogP contribution in [0.5, 0.6) is 11.5 Å². The highest BCUT2D eigenvalue weighted by Crippen LogP contribution is 2.33. The minimum atomic E-state index is -0.225. The van der Waals surface area contributed by atoms with E-state index in [0.29, 0.717) is 28.8 Å². The van der Waals surface area contributed by atoms with E-state index >= 15 is 0 Å². The third-order valence-corrected chi connectivity index (χ3v) is 4.29. The number of carbonyl (C=O) groups excluding carboxylic acids is 2. The van der Waals surface area contributed by atoms with E-state index in [9.17, 15) is 9.59 Å². The molecule has 0 saturated heterocycles. The van der Waals surface area contributed by atoms with Crippen molar-refractivity contribution < 1.29 is 19.1 Å². The van der Waals surface area contributed by atoms with Crippen molar-refractivity contribution in [3.05, 3.63) is 48.0 Å². The minimum Gasteiger partial charge on any atom is -0.454 e. The van der Waals surface area contributed by atoms with Crippen LogP contribution in [0.2, 0.25) is 0 Å². The van der Waals surface area contributed by atoms with Crippen LogP contribution >= 0.6 is 0 Å². The number of amides is 2. The molecule has 2 aliphatic rings. The van der Waals surface area contributed by atoms with Gasteiger partial charge < -0.3 is 19.7 Å². The topological polar surface area (TPSA) is 67.9 Å². The number of nitrogens with zero attached hydrogens (tertiary/aromatic N) is 1. The summed E-state index contributed by atoms with van der Waals surface area (Å²) in [5, 5.41) is 2.85. The van der Waals surface area contributed by atoms with Crippen LogP contribution in [0.4, 0.5) is 11.4 Å². The number of anilines is 2. The Hall–Kier alpha value is -3.02. The first kappa shape index (κ1) is 15.5. The fraction of sp³-hybridized carbons (Fsp3) is 0.263. The molecule has 0 radical (unpaired) electrons. The summed E-state index contributed by atoms with van der Waals surface area (Å²) in [5.74, 6) is 1.03. The molecule has 128 valence electrons. The van der Waals surface area contributed by atoms with Gasteiger partial charge in [0.2, 0.25) is 12.7 Å². The highest BCUT2D eigenvalue weighted by molar-refractivity contribution is 6.05. The zero-order valence-corrected chi connectivity index (χ0v) is 13.8. The van der Waals surface area contributed by atoms with Crippen LogP contribution < -0.4 is 19.7 Å². The Balaban J connectivity index is 1.47. The monoisotopic (exact) mass is 338 g/mol. The molecule has 2 aromatic rings. The molecule has 1 N–H and O–H groups in total. The third-order valence-electron chi connectivity index (χ3n) is 4.29. The number of fused-ring (bicyclic) bond motifs is 1. The summed E-state index contributed by atoms with van der Waals surface area (Å²) in [6, 6.07) is 12.7. The second kappa shape index (κ2) is 6.12. The van der Waals surface area contributed by atoms with Crippen molar-refractivity contribution in [2.75, 3.05) is 17.0 Å². The lowest BCUT2D eigenvalue weighted by Gasteiger charge is -2.21. The van der Waals surface area contributed by atoms with Crippen LogP contribution in [-0.2, 0) is 4.79 Å². The first-order valence-electron chi connectivity index (χ1n) is 8.23. The van der Waals surface area contributed by atoms with E-state index in [1.807, 2.05) is 17.0 Å². The summed E-state index contributed by atoms with van der Waals surface area (Å²) in [4.78, 5) is 26.0. The molecule has 1 saturated carbocycles. The molecule has 1 aliphatic heterocycles. The number of carbonyl (C=O) groups is 2. The van der Waals surface area contributed by atoms with Crippen molar-refractivity contribution in [2.24, 2.45) is 0 Å². The lowest BCUT2D eigenvalue weighted by Crippen LogP contribution is -2.30. The van der Waals surface area contributed by atoms with Gasteiger partial charge in [0, 0.05) is 29.9 Å². The fourth-order valence-electron chi connectivity index (χ4n) is 2.93. The summed E-state index contributed by atoms with van der Waals surface area (Å²) < 4.78 is 10.5. The van der Waals surface area contributed by atoms with Gasteiger partial charge >= 0.3 is 0 Å². The number of hydrogen-bond donors (Lipinski definition) is 1. The maximum atomic E-state index is 12.4.